The van der Waals surface area contributed by atoms with E-state index in [1.807, 2.05) is 43.0 Å². The molecule has 1 atom stereocenters. The molecule has 0 bridgehead atoms. The molecule has 0 saturated heterocycles. The molecule has 0 radical (unpaired) electrons. The van der Waals surface area contributed by atoms with Crippen LogP contribution in [0, 0.1) is 6.92 Å². The summed E-state index contributed by atoms with van der Waals surface area (Å²) < 4.78 is 11.8. The number of carbonyl (C=O) groups is 1. The number of nitrogens with zero attached hydrogens (tertiary/aromatic N) is 2. The van der Waals surface area contributed by atoms with Crippen molar-refractivity contribution in [3.8, 4) is 5.75 Å². The molecule has 1 amide bonds. The van der Waals surface area contributed by atoms with Gasteiger partial charge in [-0.25, -0.2) is 4.98 Å². The third-order valence-electron chi connectivity index (χ3n) is 5.71. The predicted octanol–water partition coefficient (Wildman–Crippen LogP) is 6.00. The molecular weight excluding hydrogens is 400 g/mol. The molecule has 2 heterocycles. The van der Waals surface area contributed by atoms with Crippen LogP contribution in [0.4, 0.5) is 0 Å². The Morgan fingerprint density at radius 1 is 1.34 bits per heavy atom. The van der Waals surface area contributed by atoms with Crippen LogP contribution in [0.25, 0.3) is 6.08 Å². The number of allylic oxidation sites excluding steroid dienone is 4. The van der Waals surface area contributed by atoms with Gasteiger partial charge in [-0.15, -0.1) is 0 Å². The Labute approximate surface area is 191 Å². The third kappa shape index (κ3) is 6.00. The fraction of sp³-hybridized carbons (Fsp3) is 0.407. The monoisotopic (exact) mass is 434 g/mol. The maximum Gasteiger partial charge on any atom is 0.247 e. The Morgan fingerprint density at radius 2 is 2.19 bits per heavy atom. The molecule has 3 rings (SSSR count). The van der Waals surface area contributed by atoms with Crippen molar-refractivity contribution in [2.24, 2.45) is 0 Å². The highest BCUT2D eigenvalue weighted by Crippen LogP contribution is 2.32. The van der Waals surface area contributed by atoms with E-state index >= 15 is 0 Å². The maximum atomic E-state index is 12.6. The summed E-state index contributed by atoms with van der Waals surface area (Å²) in [7, 11) is 0. The quantitative estimate of drug-likeness (QED) is 0.359. The van der Waals surface area contributed by atoms with E-state index in [1.54, 1.807) is 12.2 Å². The Balaban J connectivity index is 1.61. The van der Waals surface area contributed by atoms with Gasteiger partial charge in [-0.05, 0) is 62.9 Å². The van der Waals surface area contributed by atoms with Crippen LogP contribution in [0.2, 0.25) is 0 Å². The zero-order chi connectivity index (χ0) is 22.9. The van der Waals surface area contributed by atoms with Gasteiger partial charge in [0, 0.05) is 19.0 Å². The lowest BCUT2D eigenvalue weighted by molar-refractivity contribution is -0.128. The first kappa shape index (κ1) is 23.6. The molecule has 0 fully saturated rings. The molecule has 5 nitrogen and oxygen atoms in total. The number of benzene rings is 1. The van der Waals surface area contributed by atoms with E-state index in [4.69, 9.17) is 9.15 Å². The average Bonchev–Trinajstić information content (AvgIpc) is 3.14. The zero-order valence-corrected chi connectivity index (χ0v) is 19.6. The van der Waals surface area contributed by atoms with E-state index in [1.165, 1.54) is 5.56 Å². The number of unbranched alkanes of at least 4 members (excludes halogenated alkanes) is 1. The van der Waals surface area contributed by atoms with Gasteiger partial charge in [0.05, 0.1) is 18.3 Å². The molecule has 32 heavy (non-hydrogen) atoms. The van der Waals surface area contributed by atoms with Gasteiger partial charge in [-0.2, -0.15) is 0 Å². The lowest BCUT2D eigenvalue weighted by Gasteiger charge is -2.35. The average molecular weight is 435 g/mol. The number of fused-ring (bicyclic) bond motifs is 1. The third-order valence-corrected chi connectivity index (χ3v) is 5.71. The van der Waals surface area contributed by atoms with Crippen LogP contribution in [0.5, 0.6) is 5.75 Å². The number of hydrogen-bond donors (Lipinski definition) is 0. The minimum absolute atomic E-state index is 0.0142. The van der Waals surface area contributed by atoms with Gasteiger partial charge in [0.25, 0.3) is 0 Å². The number of aryl methyl sites for hydroxylation is 1. The van der Waals surface area contributed by atoms with Crippen molar-refractivity contribution in [2.75, 3.05) is 13.2 Å². The zero-order valence-electron chi connectivity index (χ0n) is 19.6. The summed E-state index contributed by atoms with van der Waals surface area (Å²) in [5.74, 6) is 2.35. The highest BCUT2D eigenvalue weighted by molar-refractivity contribution is 5.88. The topological polar surface area (TPSA) is 55.6 Å². The van der Waals surface area contributed by atoms with E-state index in [2.05, 4.69) is 37.0 Å². The number of hydrogen-bond acceptors (Lipinski definition) is 4. The van der Waals surface area contributed by atoms with Crippen molar-refractivity contribution in [3.63, 3.8) is 0 Å². The molecule has 1 aliphatic heterocycles. The summed E-state index contributed by atoms with van der Waals surface area (Å²) in [4.78, 5) is 19.1. The molecule has 1 aromatic heterocycles. The summed E-state index contributed by atoms with van der Waals surface area (Å²) in [5, 5.41) is 0. The second-order valence-electron chi connectivity index (χ2n) is 8.05. The summed E-state index contributed by atoms with van der Waals surface area (Å²) in [6.45, 7) is 9.35. The smallest absolute Gasteiger partial charge is 0.247 e. The van der Waals surface area contributed by atoms with Crippen molar-refractivity contribution in [1.82, 2.24) is 9.88 Å². The van der Waals surface area contributed by atoms with Crippen LogP contribution in [0.3, 0.4) is 0 Å². The van der Waals surface area contributed by atoms with Gasteiger partial charge in [-0.1, -0.05) is 43.7 Å². The van der Waals surface area contributed by atoms with Gasteiger partial charge < -0.3 is 14.1 Å². The lowest BCUT2D eigenvalue weighted by atomic mass is 9.93. The van der Waals surface area contributed by atoms with Crippen molar-refractivity contribution < 1.29 is 13.9 Å². The normalized spacial score (nSPS) is 16.4. The fourth-order valence-electron chi connectivity index (χ4n) is 3.90. The largest absolute Gasteiger partial charge is 0.493 e. The molecule has 1 aliphatic rings. The van der Waals surface area contributed by atoms with Gasteiger partial charge in [0.15, 0.2) is 0 Å². The number of oxazole rings is 1. The maximum absolute atomic E-state index is 12.6. The second kappa shape index (κ2) is 11.5. The fourth-order valence-corrected chi connectivity index (χ4v) is 3.90. The van der Waals surface area contributed by atoms with E-state index in [0.29, 0.717) is 18.9 Å². The minimum atomic E-state index is 0.0142. The van der Waals surface area contributed by atoms with Gasteiger partial charge in [0.2, 0.25) is 11.8 Å². The van der Waals surface area contributed by atoms with Crippen LogP contribution >= 0.6 is 0 Å². The van der Waals surface area contributed by atoms with Crippen LogP contribution in [0.1, 0.15) is 68.1 Å². The molecule has 1 unspecified atom stereocenters. The number of amides is 1. The number of ether oxygens (including phenoxy) is 1. The standard InChI is InChI=1S/C27H34N2O3/c1-5-7-9-11-26-28-25(21(4)32-26)16-18-31-23-14-13-22-15-17-29(20(3)24(22)19-23)27(30)12-10-8-6-2/h6,8-14,19-20H,5,7,15-18H2,1-4H3/b8-6?,11-9+,12-10?. The number of rotatable bonds is 9. The van der Waals surface area contributed by atoms with Crippen LogP contribution < -0.4 is 4.74 Å². The number of aromatic nitrogens is 1. The second-order valence-corrected chi connectivity index (χ2v) is 8.05. The Morgan fingerprint density at radius 3 is 2.97 bits per heavy atom. The lowest BCUT2D eigenvalue weighted by Crippen LogP contribution is -2.37. The van der Waals surface area contributed by atoms with Crippen molar-refractivity contribution in [1.29, 1.82) is 0 Å². The molecule has 0 N–H and O–H groups in total. The number of carbonyl (C=O) groups excluding carboxylic acids is 1. The van der Waals surface area contributed by atoms with Gasteiger partial charge in [0.1, 0.15) is 11.5 Å². The van der Waals surface area contributed by atoms with Crippen LogP contribution in [0.15, 0.2) is 53.0 Å². The van der Waals surface area contributed by atoms with E-state index in [0.717, 1.165) is 48.6 Å². The van der Waals surface area contributed by atoms with Crippen molar-refractivity contribution in [2.45, 2.75) is 59.4 Å². The predicted molar refractivity (Wildman–Crippen MR) is 129 cm³/mol. The van der Waals surface area contributed by atoms with E-state index in [-0.39, 0.29) is 11.9 Å². The van der Waals surface area contributed by atoms with Gasteiger partial charge >= 0.3 is 0 Å². The molecule has 1 aromatic carbocycles. The first-order valence-corrected chi connectivity index (χ1v) is 11.5. The van der Waals surface area contributed by atoms with Gasteiger partial charge in [-0.3, -0.25) is 4.79 Å². The molecular formula is C27H34N2O3. The summed E-state index contributed by atoms with van der Waals surface area (Å²) in [6, 6.07) is 6.23. The summed E-state index contributed by atoms with van der Waals surface area (Å²) in [6.07, 6.45) is 14.9. The van der Waals surface area contributed by atoms with Crippen molar-refractivity contribution in [3.05, 3.63) is 77.1 Å². The molecule has 170 valence electrons. The Bertz CT molecular complexity index is 1000. The van der Waals surface area contributed by atoms with Crippen LogP contribution in [-0.2, 0) is 17.6 Å². The first-order chi connectivity index (χ1) is 15.5. The molecule has 0 saturated carbocycles. The molecule has 5 heteroatoms. The van der Waals surface area contributed by atoms with Crippen LogP contribution in [-0.4, -0.2) is 28.9 Å². The highest BCUT2D eigenvalue weighted by atomic mass is 16.5. The molecule has 0 aliphatic carbocycles. The summed E-state index contributed by atoms with van der Waals surface area (Å²) in [5.41, 5.74) is 3.36. The highest BCUT2D eigenvalue weighted by Gasteiger charge is 2.26. The SMILES string of the molecule is CC=CC=CC(=O)N1CCc2ccc(OCCc3nc(/C=C/CCC)oc3C)cc2C1C. The van der Waals surface area contributed by atoms with E-state index in [9.17, 15) is 4.79 Å². The van der Waals surface area contributed by atoms with Crippen molar-refractivity contribution >= 4 is 12.0 Å². The summed E-state index contributed by atoms with van der Waals surface area (Å²) >= 11 is 0. The minimum Gasteiger partial charge on any atom is -0.493 e. The first-order valence-electron chi connectivity index (χ1n) is 11.5. The Kier molecular flexibility index (Phi) is 8.48. The molecule has 2 aromatic rings. The molecule has 0 spiro atoms. The Hall–Kier alpha value is -3.08. The van der Waals surface area contributed by atoms with E-state index < -0.39 is 0 Å².